The second-order valence-electron chi connectivity index (χ2n) is 8.28. The maximum atomic E-state index is 9.47. The number of amides is 1. The number of nitrogens with two attached hydrogens (primary N) is 1. The highest BCUT2D eigenvalue weighted by molar-refractivity contribution is 5.86. The van der Waals surface area contributed by atoms with Crippen LogP contribution in [0.2, 0.25) is 0 Å². The van der Waals surface area contributed by atoms with Crippen molar-refractivity contribution in [2.45, 2.75) is 33.7 Å². The monoisotopic (exact) mass is 425 g/mol. The number of nitrogens with one attached hydrogen (secondary N) is 1. The van der Waals surface area contributed by atoms with Crippen molar-refractivity contribution in [1.29, 1.82) is 0 Å². The molecule has 1 amide bonds. The van der Waals surface area contributed by atoms with Crippen molar-refractivity contribution in [3.05, 3.63) is 31.4 Å². The van der Waals surface area contributed by atoms with Crippen molar-refractivity contribution >= 4 is 34.5 Å². The molecule has 10 nitrogen and oxygen atoms in total. The third-order valence-electron chi connectivity index (χ3n) is 5.41. The Hall–Kier alpha value is -3.43. The first-order chi connectivity index (χ1) is 14.7. The summed E-state index contributed by atoms with van der Waals surface area (Å²) in [4.78, 5) is 26.0. The molecule has 0 spiro atoms. The number of fused-ring (bicyclic) bond motifs is 1. The molecule has 10 heteroatoms. The fourth-order valence-electron chi connectivity index (χ4n) is 3.43. The summed E-state index contributed by atoms with van der Waals surface area (Å²) in [5.74, 6) is 2.29. The molecule has 3 aromatic heterocycles. The standard InChI is InChI=1S/C18H26N8.C3H5NO/c1-11(2)26-10-19-15-16(21-14-6-20-24(5)9-14)22-18(23-17(15)26)25-7-12(3)13(4)8-25;1-2-3(4)5/h6,9-13H,7-8H2,1-5H3,(H,21,22,23);2H,1H2,(H2,4,5). The van der Waals surface area contributed by atoms with Gasteiger partial charge in [0.1, 0.15) is 0 Å². The van der Waals surface area contributed by atoms with E-state index in [0.29, 0.717) is 11.8 Å². The van der Waals surface area contributed by atoms with E-state index in [-0.39, 0.29) is 6.04 Å². The van der Waals surface area contributed by atoms with Gasteiger partial charge in [-0.15, -0.1) is 0 Å². The SMILES string of the molecule is C=CC(N)=O.CC1CN(c2nc(Nc3cnn(C)c3)c3ncn(C(C)C)c3n2)CC1C. The number of hydrogen-bond acceptors (Lipinski definition) is 7. The fourth-order valence-corrected chi connectivity index (χ4v) is 3.43. The van der Waals surface area contributed by atoms with Crippen molar-refractivity contribution in [3.63, 3.8) is 0 Å². The first-order valence-corrected chi connectivity index (χ1v) is 10.4. The van der Waals surface area contributed by atoms with Crippen molar-refractivity contribution in [2.75, 3.05) is 23.3 Å². The molecule has 0 saturated carbocycles. The second-order valence-corrected chi connectivity index (χ2v) is 8.28. The lowest BCUT2D eigenvalue weighted by atomic mass is 10.0. The molecule has 2 unspecified atom stereocenters. The van der Waals surface area contributed by atoms with Crippen LogP contribution in [0.5, 0.6) is 0 Å². The van der Waals surface area contributed by atoms with Gasteiger partial charge in [0.15, 0.2) is 17.0 Å². The highest BCUT2D eigenvalue weighted by atomic mass is 16.1. The Labute approximate surface area is 182 Å². The summed E-state index contributed by atoms with van der Waals surface area (Å²) in [5.41, 5.74) is 7.07. The van der Waals surface area contributed by atoms with Crippen LogP contribution >= 0.6 is 0 Å². The first kappa shape index (κ1) is 22.3. The van der Waals surface area contributed by atoms with Crippen LogP contribution in [-0.2, 0) is 11.8 Å². The Morgan fingerprint density at radius 1 is 1.29 bits per heavy atom. The van der Waals surface area contributed by atoms with E-state index in [4.69, 9.17) is 9.97 Å². The molecule has 166 valence electrons. The zero-order valence-corrected chi connectivity index (χ0v) is 18.8. The zero-order valence-electron chi connectivity index (χ0n) is 18.8. The summed E-state index contributed by atoms with van der Waals surface area (Å²) in [6, 6.07) is 0.283. The first-order valence-electron chi connectivity index (χ1n) is 10.4. The highest BCUT2D eigenvalue weighted by Gasteiger charge is 2.29. The molecule has 1 aliphatic heterocycles. The number of carbonyl (C=O) groups is 1. The molecular weight excluding hydrogens is 394 g/mol. The quantitative estimate of drug-likeness (QED) is 0.603. The second kappa shape index (κ2) is 9.15. The maximum absolute atomic E-state index is 9.47. The molecule has 3 aromatic rings. The van der Waals surface area contributed by atoms with E-state index in [1.54, 1.807) is 10.9 Å². The summed E-state index contributed by atoms with van der Waals surface area (Å²) in [5, 5.41) is 7.59. The van der Waals surface area contributed by atoms with Gasteiger partial charge >= 0.3 is 0 Å². The minimum atomic E-state index is -0.481. The molecule has 31 heavy (non-hydrogen) atoms. The van der Waals surface area contributed by atoms with E-state index in [0.717, 1.165) is 47.8 Å². The molecule has 0 aliphatic carbocycles. The van der Waals surface area contributed by atoms with Crippen LogP contribution in [0.4, 0.5) is 17.5 Å². The van der Waals surface area contributed by atoms with Crippen LogP contribution in [0.1, 0.15) is 33.7 Å². The molecule has 1 aliphatic rings. The Kier molecular flexibility index (Phi) is 6.57. The molecule has 0 radical (unpaired) electrons. The normalized spacial score (nSPS) is 18.2. The van der Waals surface area contributed by atoms with Gasteiger partial charge in [0.05, 0.1) is 18.2 Å². The zero-order chi connectivity index (χ0) is 22.7. The lowest BCUT2D eigenvalue weighted by molar-refractivity contribution is -0.113. The minimum absolute atomic E-state index is 0.283. The molecular formula is C21H31N9O. The van der Waals surface area contributed by atoms with Crippen molar-refractivity contribution in [3.8, 4) is 0 Å². The summed E-state index contributed by atoms with van der Waals surface area (Å²) < 4.78 is 3.86. The summed E-state index contributed by atoms with van der Waals surface area (Å²) in [6.07, 6.45) is 6.61. The Balaban J connectivity index is 0.000000491. The Morgan fingerprint density at radius 3 is 2.45 bits per heavy atom. The van der Waals surface area contributed by atoms with E-state index in [1.807, 2.05) is 19.6 Å². The fraction of sp³-hybridized carbons (Fsp3) is 0.476. The summed E-state index contributed by atoms with van der Waals surface area (Å²) in [7, 11) is 1.90. The third kappa shape index (κ3) is 5.01. The van der Waals surface area contributed by atoms with Crippen LogP contribution in [-0.4, -0.2) is 48.3 Å². The summed E-state index contributed by atoms with van der Waals surface area (Å²) in [6.45, 7) is 13.9. The van der Waals surface area contributed by atoms with Crippen molar-refractivity contribution in [1.82, 2.24) is 29.3 Å². The lowest BCUT2D eigenvalue weighted by Gasteiger charge is -2.18. The number of nitrogens with zero attached hydrogens (tertiary/aromatic N) is 7. The predicted octanol–water partition coefficient (Wildman–Crippen LogP) is 2.63. The van der Waals surface area contributed by atoms with E-state index in [9.17, 15) is 4.79 Å². The number of imidazole rings is 1. The van der Waals surface area contributed by atoms with Crippen LogP contribution in [0.15, 0.2) is 31.4 Å². The van der Waals surface area contributed by atoms with Gasteiger partial charge in [-0.2, -0.15) is 15.1 Å². The van der Waals surface area contributed by atoms with Gasteiger partial charge in [-0.05, 0) is 31.8 Å². The molecule has 4 heterocycles. The van der Waals surface area contributed by atoms with Gasteiger partial charge in [0.2, 0.25) is 11.9 Å². The topological polar surface area (TPSA) is 120 Å². The molecule has 2 atom stereocenters. The van der Waals surface area contributed by atoms with Crippen LogP contribution in [0.3, 0.4) is 0 Å². The number of hydrogen-bond donors (Lipinski definition) is 2. The smallest absolute Gasteiger partial charge is 0.240 e. The van der Waals surface area contributed by atoms with Gasteiger partial charge in [-0.3, -0.25) is 9.48 Å². The number of aryl methyl sites for hydroxylation is 1. The number of carbonyl (C=O) groups excluding carboxylic acids is 1. The molecule has 1 saturated heterocycles. The lowest BCUT2D eigenvalue weighted by Crippen LogP contribution is -2.23. The van der Waals surface area contributed by atoms with Gasteiger partial charge in [0, 0.05) is 32.4 Å². The molecule has 0 aromatic carbocycles. The number of anilines is 3. The molecule has 4 rings (SSSR count). The number of rotatable bonds is 5. The minimum Gasteiger partial charge on any atom is -0.366 e. The van der Waals surface area contributed by atoms with Gasteiger partial charge in [-0.25, -0.2) is 4.98 Å². The highest BCUT2D eigenvalue weighted by Crippen LogP contribution is 2.30. The number of primary amides is 1. The maximum Gasteiger partial charge on any atom is 0.240 e. The molecule has 1 fully saturated rings. The van der Waals surface area contributed by atoms with Gasteiger partial charge in [0.25, 0.3) is 0 Å². The van der Waals surface area contributed by atoms with E-state index < -0.39 is 5.91 Å². The predicted molar refractivity (Wildman–Crippen MR) is 122 cm³/mol. The average Bonchev–Trinajstić information content (AvgIpc) is 3.41. The molecule has 3 N–H and O–H groups in total. The number of aromatic nitrogens is 6. The molecule has 0 bridgehead atoms. The third-order valence-corrected chi connectivity index (χ3v) is 5.41. The Morgan fingerprint density at radius 2 is 1.94 bits per heavy atom. The van der Waals surface area contributed by atoms with E-state index in [1.165, 1.54) is 0 Å². The van der Waals surface area contributed by atoms with Gasteiger partial charge < -0.3 is 20.5 Å². The van der Waals surface area contributed by atoms with Crippen LogP contribution < -0.4 is 16.0 Å². The van der Waals surface area contributed by atoms with Crippen molar-refractivity contribution < 1.29 is 4.79 Å². The van der Waals surface area contributed by atoms with Crippen molar-refractivity contribution in [2.24, 2.45) is 24.6 Å². The largest absolute Gasteiger partial charge is 0.366 e. The summed E-state index contributed by atoms with van der Waals surface area (Å²) >= 11 is 0. The van der Waals surface area contributed by atoms with E-state index >= 15 is 0 Å². The van der Waals surface area contributed by atoms with Crippen LogP contribution in [0, 0.1) is 11.8 Å². The van der Waals surface area contributed by atoms with Gasteiger partial charge in [-0.1, -0.05) is 20.4 Å². The van der Waals surface area contributed by atoms with Crippen LogP contribution in [0.25, 0.3) is 11.2 Å². The van der Waals surface area contributed by atoms with E-state index in [2.05, 4.69) is 64.9 Å². The Bertz CT molecular complexity index is 1060. The average molecular weight is 426 g/mol.